The number of amides is 2. The molecule has 1 saturated heterocycles. The molecule has 2 heterocycles. The average Bonchev–Trinajstić information content (AvgIpc) is 3.16. The molecule has 3 aromatic rings. The first-order chi connectivity index (χ1) is 13.0. The summed E-state index contributed by atoms with van der Waals surface area (Å²) in [5, 5.41) is 3.76. The van der Waals surface area contributed by atoms with Gasteiger partial charge in [-0.05, 0) is 47.5 Å². The topological polar surface area (TPSA) is 51.1 Å². The minimum Gasteiger partial charge on any atom is -0.342 e. The number of carbonyl (C=O) groups is 2. The van der Waals surface area contributed by atoms with Gasteiger partial charge in [-0.25, -0.2) is 0 Å². The van der Waals surface area contributed by atoms with Crippen LogP contribution in [0.4, 0.5) is 4.79 Å². The summed E-state index contributed by atoms with van der Waals surface area (Å²) in [4.78, 5) is 23.8. The summed E-state index contributed by atoms with van der Waals surface area (Å²) in [5.74, 6) is -0.338. The molecule has 0 bridgehead atoms. The average molecular weight is 397 g/mol. The number of para-hydroxylation sites is 1. The molecule has 0 spiro atoms. The van der Waals surface area contributed by atoms with E-state index < -0.39 is 0 Å². The molecular weight excluding hydrogens is 380 g/mol. The van der Waals surface area contributed by atoms with Crippen molar-refractivity contribution in [3.05, 3.63) is 75.3 Å². The molecule has 0 aliphatic carbocycles. The number of carbonyl (C=O) groups excluding carboxylic acids is 2. The van der Waals surface area contributed by atoms with E-state index in [-0.39, 0.29) is 11.1 Å². The third kappa shape index (κ3) is 3.53. The number of benzene rings is 2. The van der Waals surface area contributed by atoms with Crippen LogP contribution < -0.4 is 5.32 Å². The number of imide groups is 1. The molecule has 2 aromatic carbocycles. The lowest BCUT2D eigenvalue weighted by atomic mass is 10.1. The molecule has 0 saturated carbocycles. The lowest BCUT2D eigenvalue weighted by Crippen LogP contribution is -2.17. The Morgan fingerprint density at radius 3 is 2.59 bits per heavy atom. The van der Waals surface area contributed by atoms with Gasteiger partial charge in [0.1, 0.15) is 0 Å². The van der Waals surface area contributed by atoms with Crippen LogP contribution in [0.3, 0.4) is 0 Å². The Morgan fingerprint density at radius 2 is 1.93 bits per heavy atom. The van der Waals surface area contributed by atoms with Gasteiger partial charge in [-0.1, -0.05) is 48.9 Å². The predicted molar refractivity (Wildman–Crippen MR) is 111 cm³/mol. The molecule has 2 amide bonds. The summed E-state index contributed by atoms with van der Waals surface area (Å²) in [5.41, 5.74) is 4.47. The third-order valence-electron chi connectivity index (χ3n) is 4.59. The summed E-state index contributed by atoms with van der Waals surface area (Å²) < 4.78 is 2.20. The lowest BCUT2D eigenvalue weighted by molar-refractivity contribution is -0.115. The van der Waals surface area contributed by atoms with Crippen molar-refractivity contribution in [3.8, 4) is 0 Å². The van der Waals surface area contributed by atoms with Gasteiger partial charge in [0.2, 0.25) is 0 Å². The van der Waals surface area contributed by atoms with E-state index in [4.69, 9.17) is 11.6 Å². The molecule has 0 unspecified atom stereocenters. The normalized spacial score (nSPS) is 15.7. The molecular formula is C21H17ClN2O2S. The van der Waals surface area contributed by atoms with E-state index in [0.717, 1.165) is 40.2 Å². The van der Waals surface area contributed by atoms with Crippen molar-refractivity contribution < 1.29 is 9.59 Å². The van der Waals surface area contributed by atoms with Crippen LogP contribution in [0, 0.1) is 0 Å². The van der Waals surface area contributed by atoms with Crippen molar-refractivity contribution in [2.75, 3.05) is 0 Å². The summed E-state index contributed by atoms with van der Waals surface area (Å²) >= 11 is 6.94. The Kier molecular flexibility index (Phi) is 4.81. The van der Waals surface area contributed by atoms with Crippen LogP contribution in [0.5, 0.6) is 0 Å². The van der Waals surface area contributed by atoms with Gasteiger partial charge in [0, 0.05) is 28.7 Å². The first-order valence-electron chi connectivity index (χ1n) is 8.65. The molecule has 1 N–H and O–H groups in total. The lowest BCUT2D eigenvalue weighted by Gasteiger charge is -2.09. The number of hydrogen-bond acceptors (Lipinski definition) is 3. The zero-order chi connectivity index (χ0) is 19.0. The standard InChI is InChI=1S/C21H17ClN2O2S/c1-2-14-4-3-5-17-15(10-18-20(25)23-21(26)27-18)12-24(19(14)17)11-13-6-8-16(22)9-7-13/h3-10,12H,2,11H2,1H3,(H,23,25,26). The van der Waals surface area contributed by atoms with Crippen LogP contribution in [0.25, 0.3) is 17.0 Å². The molecule has 136 valence electrons. The van der Waals surface area contributed by atoms with Crippen LogP contribution in [0.15, 0.2) is 53.6 Å². The molecule has 6 heteroatoms. The SMILES string of the molecule is CCc1cccc2c(C=C3SC(=O)NC3=O)cn(Cc3ccc(Cl)cc3)c12. The van der Waals surface area contributed by atoms with Crippen molar-refractivity contribution >= 4 is 51.5 Å². The molecule has 0 atom stereocenters. The number of aryl methyl sites for hydroxylation is 1. The van der Waals surface area contributed by atoms with Gasteiger partial charge in [-0.3, -0.25) is 14.9 Å². The molecule has 4 rings (SSSR count). The first-order valence-corrected chi connectivity index (χ1v) is 9.84. The van der Waals surface area contributed by atoms with Gasteiger partial charge in [0.05, 0.1) is 10.4 Å². The van der Waals surface area contributed by atoms with Crippen molar-refractivity contribution in [2.45, 2.75) is 19.9 Å². The summed E-state index contributed by atoms with van der Waals surface area (Å²) in [6.45, 7) is 2.83. The Morgan fingerprint density at radius 1 is 1.15 bits per heavy atom. The number of fused-ring (bicyclic) bond motifs is 1. The zero-order valence-corrected chi connectivity index (χ0v) is 16.2. The maximum absolute atomic E-state index is 11.9. The number of aromatic nitrogens is 1. The van der Waals surface area contributed by atoms with Crippen LogP contribution in [0.1, 0.15) is 23.6 Å². The van der Waals surface area contributed by atoms with Gasteiger partial charge in [0.15, 0.2) is 0 Å². The highest BCUT2D eigenvalue weighted by molar-refractivity contribution is 8.18. The molecule has 0 radical (unpaired) electrons. The smallest absolute Gasteiger partial charge is 0.290 e. The molecule has 4 nitrogen and oxygen atoms in total. The number of nitrogens with one attached hydrogen (secondary N) is 1. The predicted octanol–water partition coefficient (Wildman–Crippen LogP) is 5.23. The van der Waals surface area contributed by atoms with Crippen LogP contribution >= 0.6 is 23.4 Å². The van der Waals surface area contributed by atoms with Crippen molar-refractivity contribution in [2.24, 2.45) is 0 Å². The Labute approximate surface area is 166 Å². The maximum Gasteiger partial charge on any atom is 0.290 e. The van der Waals surface area contributed by atoms with Crippen LogP contribution in [-0.2, 0) is 17.8 Å². The second kappa shape index (κ2) is 7.25. The van der Waals surface area contributed by atoms with Gasteiger partial charge in [-0.2, -0.15) is 0 Å². The van der Waals surface area contributed by atoms with Gasteiger partial charge < -0.3 is 4.57 Å². The van der Waals surface area contributed by atoms with Crippen LogP contribution in [0.2, 0.25) is 5.02 Å². The van der Waals surface area contributed by atoms with Crippen LogP contribution in [-0.4, -0.2) is 15.7 Å². The molecule has 1 fully saturated rings. The van der Waals surface area contributed by atoms with Crippen molar-refractivity contribution in [1.82, 2.24) is 9.88 Å². The van der Waals surface area contributed by atoms with Gasteiger partial charge in [0.25, 0.3) is 11.1 Å². The number of hydrogen-bond donors (Lipinski definition) is 1. The second-order valence-electron chi connectivity index (χ2n) is 6.36. The van der Waals surface area contributed by atoms with E-state index in [1.54, 1.807) is 6.08 Å². The van der Waals surface area contributed by atoms with E-state index in [0.29, 0.717) is 16.5 Å². The minimum absolute atomic E-state index is 0.328. The summed E-state index contributed by atoms with van der Waals surface area (Å²) in [6.07, 6.45) is 4.75. The van der Waals surface area contributed by atoms with E-state index in [9.17, 15) is 9.59 Å². The maximum atomic E-state index is 11.9. The van der Waals surface area contributed by atoms with E-state index in [1.807, 2.05) is 36.5 Å². The van der Waals surface area contributed by atoms with Crippen molar-refractivity contribution in [1.29, 1.82) is 0 Å². The quantitative estimate of drug-likeness (QED) is 0.614. The largest absolute Gasteiger partial charge is 0.342 e. The van der Waals surface area contributed by atoms with Gasteiger partial charge >= 0.3 is 0 Å². The highest BCUT2D eigenvalue weighted by atomic mass is 35.5. The fourth-order valence-electron chi connectivity index (χ4n) is 3.34. The van der Waals surface area contributed by atoms with Crippen molar-refractivity contribution in [3.63, 3.8) is 0 Å². The number of thioether (sulfide) groups is 1. The second-order valence-corrected chi connectivity index (χ2v) is 7.81. The summed E-state index contributed by atoms with van der Waals surface area (Å²) in [7, 11) is 0. The van der Waals surface area contributed by atoms with E-state index in [2.05, 4.69) is 28.9 Å². The Balaban J connectivity index is 1.83. The third-order valence-corrected chi connectivity index (χ3v) is 5.65. The zero-order valence-electron chi connectivity index (χ0n) is 14.7. The van der Waals surface area contributed by atoms with E-state index >= 15 is 0 Å². The minimum atomic E-state index is -0.338. The fourth-order valence-corrected chi connectivity index (χ4v) is 4.14. The highest BCUT2D eigenvalue weighted by Gasteiger charge is 2.25. The van der Waals surface area contributed by atoms with E-state index in [1.165, 1.54) is 5.56 Å². The Bertz CT molecular complexity index is 1080. The number of halogens is 1. The molecule has 1 aliphatic rings. The summed E-state index contributed by atoms with van der Waals surface area (Å²) in [6, 6.07) is 14.0. The first kappa shape index (κ1) is 17.9. The Hall–Kier alpha value is -2.50. The highest BCUT2D eigenvalue weighted by Crippen LogP contribution is 2.31. The molecule has 1 aromatic heterocycles. The number of rotatable bonds is 4. The fraction of sp³-hybridized carbons (Fsp3) is 0.143. The molecule has 1 aliphatic heterocycles. The van der Waals surface area contributed by atoms with Gasteiger partial charge in [-0.15, -0.1) is 0 Å². The monoisotopic (exact) mass is 396 g/mol. The molecule has 27 heavy (non-hydrogen) atoms. The number of nitrogens with zero attached hydrogens (tertiary/aromatic N) is 1.